The minimum Gasteiger partial charge on any atom is -0.399 e. The third-order valence-electron chi connectivity index (χ3n) is 3.34. The van der Waals surface area contributed by atoms with Crippen LogP contribution < -0.4 is 5.73 Å². The van der Waals surface area contributed by atoms with E-state index in [4.69, 9.17) is 5.73 Å². The van der Waals surface area contributed by atoms with Gasteiger partial charge in [0.1, 0.15) is 0 Å². The predicted molar refractivity (Wildman–Crippen MR) is 83.1 cm³/mol. The van der Waals surface area contributed by atoms with Crippen LogP contribution in [0.3, 0.4) is 0 Å². The highest BCUT2D eigenvalue weighted by Gasteiger charge is 2.26. The summed E-state index contributed by atoms with van der Waals surface area (Å²) in [7, 11) is -3.50. The summed E-state index contributed by atoms with van der Waals surface area (Å²) in [6, 6.07) is 10.5. The smallest absolute Gasteiger partial charge is 0.243 e. The summed E-state index contributed by atoms with van der Waals surface area (Å²) in [5, 5.41) is 1.55. The van der Waals surface area contributed by atoms with Crippen molar-refractivity contribution in [3.05, 3.63) is 36.4 Å². The first-order valence-electron chi connectivity index (χ1n) is 6.68. The van der Waals surface area contributed by atoms with Crippen molar-refractivity contribution >= 4 is 26.5 Å². The summed E-state index contributed by atoms with van der Waals surface area (Å²) in [5.41, 5.74) is 6.39. The topological polar surface area (TPSA) is 63.4 Å². The standard InChI is InChI=1S/C15H20N2O2S/c1-4-17(11(2)3)20(18,19)15-7-5-6-12-10-13(16)8-9-14(12)15/h5-11H,4,16H2,1-3H3. The second-order valence-electron chi connectivity index (χ2n) is 5.04. The number of nitrogen functional groups attached to an aromatic ring is 1. The Morgan fingerprint density at radius 1 is 1.20 bits per heavy atom. The molecule has 2 rings (SSSR count). The van der Waals surface area contributed by atoms with Crippen LogP contribution in [-0.2, 0) is 10.0 Å². The van der Waals surface area contributed by atoms with Gasteiger partial charge in [0.05, 0.1) is 4.90 Å². The van der Waals surface area contributed by atoms with Crippen LogP contribution in [-0.4, -0.2) is 25.3 Å². The highest BCUT2D eigenvalue weighted by Crippen LogP contribution is 2.28. The number of sulfonamides is 1. The Labute approximate surface area is 120 Å². The molecule has 0 aliphatic rings. The van der Waals surface area contributed by atoms with E-state index in [-0.39, 0.29) is 6.04 Å². The van der Waals surface area contributed by atoms with Gasteiger partial charge < -0.3 is 5.73 Å². The lowest BCUT2D eigenvalue weighted by Crippen LogP contribution is -2.36. The maximum Gasteiger partial charge on any atom is 0.243 e. The van der Waals surface area contributed by atoms with Crippen molar-refractivity contribution in [3.8, 4) is 0 Å². The van der Waals surface area contributed by atoms with Crippen LogP contribution in [0.15, 0.2) is 41.3 Å². The molecule has 0 amide bonds. The zero-order valence-corrected chi connectivity index (χ0v) is 12.8. The molecule has 4 nitrogen and oxygen atoms in total. The lowest BCUT2D eigenvalue weighted by molar-refractivity contribution is 0.369. The Morgan fingerprint density at radius 2 is 1.90 bits per heavy atom. The summed E-state index contributed by atoms with van der Waals surface area (Å²) in [6.07, 6.45) is 0. The monoisotopic (exact) mass is 292 g/mol. The molecule has 2 aromatic carbocycles. The molecule has 0 unspecified atom stereocenters. The van der Waals surface area contributed by atoms with E-state index in [0.717, 1.165) is 5.39 Å². The Morgan fingerprint density at radius 3 is 2.50 bits per heavy atom. The first kappa shape index (κ1) is 14.8. The first-order valence-corrected chi connectivity index (χ1v) is 8.12. The molecule has 2 N–H and O–H groups in total. The van der Waals surface area contributed by atoms with Crippen LogP contribution >= 0.6 is 0 Å². The van der Waals surface area contributed by atoms with E-state index in [1.165, 1.54) is 4.31 Å². The van der Waals surface area contributed by atoms with Gasteiger partial charge in [0.2, 0.25) is 10.0 Å². The predicted octanol–water partition coefficient (Wildman–Crippen LogP) is 2.84. The molecule has 5 heteroatoms. The molecule has 0 spiro atoms. The van der Waals surface area contributed by atoms with E-state index in [0.29, 0.717) is 22.5 Å². The largest absolute Gasteiger partial charge is 0.399 e. The van der Waals surface area contributed by atoms with Crippen molar-refractivity contribution in [2.75, 3.05) is 12.3 Å². The van der Waals surface area contributed by atoms with E-state index >= 15 is 0 Å². The Balaban J connectivity index is 2.69. The summed E-state index contributed by atoms with van der Waals surface area (Å²) in [4.78, 5) is 0.338. The Hall–Kier alpha value is -1.59. The normalized spacial score (nSPS) is 12.4. The zero-order chi connectivity index (χ0) is 14.9. The Bertz CT molecular complexity index is 724. The van der Waals surface area contributed by atoms with E-state index in [2.05, 4.69) is 0 Å². The number of hydrogen-bond donors (Lipinski definition) is 1. The van der Waals surface area contributed by atoms with Crippen LogP contribution in [0.4, 0.5) is 5.69 Å². The van der Waals surface area contributed by atoms with Gasteiger partial charge in [0.15, 0.2) is 0 Å². The van der Waals surface area contributed by atoms with Gasteiger partial charge in [-0.05, 0) is 37.4 Å². The van der Waals surface area contributed by atoms with Crippen LogP contribution in [0.25, 0.3) is 10.8 Å². The minimum atomic E-state index is -3.50. The van der Waals surface area contributed by atoms with Gasteiger partial charge in [-0.25, -0.2) is 8.42 Å². The van der Waals surface area contributed by atoms with Gasteiger partial charge in [-0.15, -0.1) is 0 Å². The average molecular weight is 292 g/mol. The van der Waals surface area contributed by atoms with Crippen molar-refractivity contribution in [2.45, 2.75) is 31.7 Å². The van der Waals surface area contributed by atoms with Gasteiger partial charge in [-0.1, -0.05) is 25.1 Å². The number of rotatable bonds is 4. The van der Waals surface area contributed by atoms with E-state index in [1.807, 2.05) is 26.8 Å². The molecule has 0 bridgehead atoms. The third-order valence-corrected chi connectivity index (χ3v) is 5.55. The fourth-order valence-corrected chi connectivity index (χ4v) is 4.30. The van der Waals surface area contributed by atoms with E-state index in [9.17, 15) is 8.42 Å². The molecule has 108 valence electrons. The summed E-state index contributed by atoms with van der Waals surface area (Å²) in [5.74, 6) is 0. The Kier molecular flexibility index (Phi) is 4.01. The number of fused-ring (bicyclic) bond motifs is 1. The first-order chi connectivity index (χ1) is 9.37. The zero-order valence-electron chi connectivity index (χ0n) is 12.0. The maximum absolute atomic E-state index is 12.8. The number of nitrogens with two attached hydrogens (primary N) is 1. The molecule has 0 fully saturated rings. The highest BCUT2D eigenvalue weighted by atomic mass is 32.2. The SMILES string of the molecule is CCN(C(C)C)S(=O)(=O)c1cccc2cc(N)ccc12. The highest BCUT2D eigenvalue weighted by molar-refractivity contribution is 7.89. The maximum atomic E-state index is 12.8. The number of anilines is 1. The minimum absolute atomic E-state index is 0.0750. The quantitative estimate of drug-likeness (QED) is 0.881. The molecule has 0 aliphatic carbocycles. The van der Waals surface area contributed by atoms with Gasteiger partial charge in [-0.2, -0.15) is 4.31 Å². The second kappa shape index (κ2) is 5.42. The second-order valence-corrected chi connectivity index (χ2v) is 6.90. The summed E-state index contributed by atoms with van der Waals surface area (Å²) >= 11 is 0. The molecular formula is C15H20N2O2S. The van der Waals surface area contributed by atoms with Crippen molar-refractivity contribution in [2.24, 2.45) is 0 Å². The molecule has 0 heterocycles. The lowest BCUT2D eigenvalue weighted by Gasteiger charge is -2.25. The molecular weight excluding hydrogens is 272 g/mol. The van der Waals surface area contributed by atoms with Crippen LogP contribution in [0.5, 0.6) is 0 Å². The molecule has 2 aromatic rings. The van der Waals surface area contributed by atoms with Gasteiger partial charge in [0.25, 0.3) is 0 Å². The van der Waals surface area contributed by atoms with E-state index < -0.39 is 10.0 Å². The van der Waals surface area contributed by atoms with Crippen molar-refractivity contribution in [3.63, 3.8) is 0 Å². The number of benzene rings is 2. The van der Waals surface area contributed by atoms with Crippen LogP contribution in [0, 0.1) is 0 Å². The van der Waals surface area contributed by atoms with Crippen molar-refractivity contribution in [1.82, 2.24) is 4.31 Å². The number of nitrogens with zero attached hydrogens (tertiary/aromatic N) is 1. The third kappa shape index (κ3) is 2.51. The molecule has 20 heavy (non-hydrogen) atoms. The summed E-state index contributed by atoms with van der Waals surface area (Å²) in [6.45, 7) is 6.06. The van der Waals surface area contributed by atoms with Gasteiger partial charge in [-0.3, -0.25) is 0 Å². The van der Waals surface area contributed by atoms with Crippen LogP contribution in [0.1, 0.15) is 20.8 Å². The summed E-state index contributed by atoms with van der Waals surface area (Å²) < 4.78 is 27.1. The molecule has 0 saturated heterocycles. The van der Waals surface area contributed by atoms with Crippen molar-refractivity contribution in [1.29, 1.82) is 0 Å². The lowest BCUT2D eigenvalue weighted by atomic mass is 10.1. The molecule has 0 saturated carbocycles. The van der Waals surface area contributed by atoms with Crippen molar-refractivity contribution < 1.29 is 8.42 Å². The fourth-order valence-electron chi connectivity index (χ4n) is 2.44. The average Bonchev–Trinajstić information content (AvgIpc) is 2.37. The molecule has 0 radical (unpaired) electrons. The molecule has 0 atom stereocenters. The fraction of sp³-hybridized carbons (Fsp3) is 0.333. The molecule has 0 aliphatic heterocycles. The van der Waals surface area contributed by atoms with Gasteiger partial charge in [0, 0.05) is 23.7 Å². The van der Waals surface area contributed by atoms with Gasteiger partial charge >= 0.3 is 0 Å². The number of hydrogen-bond acceptors (Lipinski definition) is 3. The molecule has 0 aromatic heterocycles. The van der Waals surface area contributed by atoms with Crippen LogP contribution in [0.2, 0.25) is 0 Å². The van der Waals surface area contributed by atoms with E-state index in [1.54, 1.807) is 30.3 Å².